The largest absolute Gasteiger partial charge is 0.285 e. The smallest absolute Gasteiger partial charge is 0.0451 e. The van der Waals surface area contributed by atoms with Crippen molar-refractivity contribution < 1.29 is 0 Å². The van der Waals surface area contributed by atoms with Crippen LogP contribution in [0.3, 0.4) is 0 Å². The first-order chi connectivity index (χ1) is 9.06. The number of rotatable bonds is 4. The highest BCUT2D eigenvalue weighted by molar-refractivity contribution is 5.18. The molecule has 0 aromatic carbocycles. The fraction of sp³-hybridized carbons (Fsp3) is 0.944. The molecule has 19 heavy (non-hydrogen) atoms. The van der Waals surface area contributed by atoms with Crippen LogP contribution in [-0.2, 0) is 0 Å². The first-order valence-corrected chi connectivity index (χ1v) is 8.61. The molecule has 1 nitrogen and oxygen atoms in total. The van der Waals surface area contributed by atoms with Gasteiger partial charge in [0.1, 0.15) is 0 Å². The zero-order valence-corrected chi connectivity index (χ0v) is 13.6. The molecular formula is C18H33N. The molecule has 2 aliphatic rings. The zero-order chi connectivity index (χ0) is 14.1. The third-order valence-corrected chi connectivity index (χ3v) is 6.93. The minimum Gasteiger partial charge on any atom is -0.285 e. The van der Waals surface area contributed by atoms with Gasteiger partial charge in [-0.2, -0.15) is 0 Å². The van der Waals surface area contributed by atoms with Crippen LogP contribution >= 0.6 is 0 Å². The van der Waals surface area contributed by atoms with Crippen molar-refractivity contribution >= 4 is 0 Å². The van der Waals surface area contributed by atoms with Crippen molar-refractivity contribution in [3.63, 3.8) is 0 Å². The van der Waals surface area contributed by atoms with E-state index < -0.39 is 0 Å². The second-order valence-electron chi connectivity index (χ2n) is 7.06. The van der Waals surface area contributed by atoms with Crippen LogP contribution in [0.2, 0.25) is 0 Å². The third-order valence-electron chi connectivity index (χ3n) is 6.93. The highest BCUT2D eigenvalue weighted by Crippen LogP contribution is 2.62. The van der Waals surface area contributed by atoms with Gasteiger partial charge in [-0.25, -0.2) is 0 Å². The molecule has 0 bridgehead atoms. The Morgan fingerprint density at radius 2 is 1.37 bits per heavy atom. The van der Waals surface area contributed by atoms with Gasteiger partial charge in [-0.05, 0) is 50.4 Å². The van der Waals surface area contributed by atoms with Crippen molar-refractivity contribution in [2.75, 3.05) is 0 Å². The number of likely N-dealkylation sites (tertiary alicyclic amines) is 1. The Morgan fingerprint density at radius 1 is 0.842 bits per heavy atom. The summed E-state index contributed by atoms with van der Waals surface area (Å²) in [5, 5.41) is 0. The van der Waals surface area contributed by atoms with Crippen molar-refractivity contribution in [2.45, 2.75) is 103 Å². The zero-order valence-electron chi connectivity index (χ0n) is 13.6. The summed E-state index contributed by atoms with van der Waals surface area (Å²) in [7, 11) is 6.80. The van der Waals surface area contributed by atoms with Gasteiger partial charge in [0.15, 0.2) is 0 Å². The highest BCUT2D eigenvalue weighted by atomic mass is 15.3. The SMILES string of the molecule is [CH]N1C2(CCCCC2)CC(CC)(CC)C1(CC)CC. The van der Waals surface area contributed by atoms with E-state index in [9.17, 15) is 0 Å². The Bertz CT molecular complexity index is 293. The number of nitrogens with zero attached hydrogens (tertiary/aromatic N) is 1. The topological polar surface area (TPSA) is 3.24 Å². The van der Waals surface area contributed by atoms with E-state index in [-0.39, 0.29) is 5.54 Å². The van der Waals surface area contributed by atoms with Gasteiger partial charge in [-0.15, -0.1) is 0 Å². The van der Waals surface area contributed by atoms with E-state index in [0.29, 0.717) is 11.0 Å². The van der Waals surface area contributed by atoms with E-state index in [2.05, 4.69) is 32.6 Å². The molecule has 2 fully saturated rings. The van der Waals surface area contributed by atoms with Crippen molar-refractivity contribution in [3.8, 4) is 0 Å². The average molecular weight is 263 g/mol. The van der Waals surface area contributed by atoms with Crippen molar-refractivity contribution in [2.24, 2.45) is 5.41 Å². The summed E-state index contributed by atoms with van der Waals surface area (Å²) in [5.74, 6) is 0. The first-order valence-electron chi connectivity index (χ1n) is 8.61. The van der Waals surface area contributed by atoms with E-state index in [1.54, 1.807) is 0 Å². The van der Waals surface area contributed by atoms with Gasteiger partial charge in [-0.1, -0.05) is 47.0 Å². The molecule has 0 atom stereocenters. The van der Waals surface area contributed by atoms with Gasteiger partial charge < -0.3 is 0 Å². The highest BCUT2D eigenvalue weighted by Gasteiger charge is 2.63. The van der Waals surface area contributed by atoms with Crippen molar-refractivity contribution in [3.05, 3.63) is 7.05 Å². The minimum absolute atomic E-state index is 0.230. The molecule has 2 radical (unpaired) electrons. The lowest BCUT2D eigenvalue weighted by Gasteiger charge is -2.50. The molecule has 0 amide bonds. The predicted octanol–water partition coefficient (Wildman–Crippen LogP) is 5.43. The van der Waals surface area contributed by atoms with Crippen LogP contribution in [0.25, 0.3) is 0 Å². The minimum atomic E-state index is 0.230. The Balaban J connectivity index is 2.44. The predicted molar refractivity (Wildman–Crippen MR) is 82.9 cm³/mol. The van der Waals surface area contributed by atoms with Crippen LogP contribution in [0, 0.1) is 12.5 Å². The van der Waals surface area contributed by atoms with E-state index in [0.717, 1.165) is 0 Å². The summed E-state index contributed by atoms with van der Waals surface area (Å²) >= 11 is 0. The molecule has 1 aliphatic carbocycles. The van der Waals surface area contributed by atoms with Crippen LogP contribution in [0.15, 0.2) is 0 Å². The fourth-order valence-corrected chi connectivity index (χ4v) is 5.72. The van der Waals surface area contributed by atoms with Gasteiger partial charge in [0.2, 0.25) is 0 Å². The molecule has 110 valence electrons. The molecule has 0 aromatic heterocycles. The number of hydrogen-bond acceptors (Lipinski definition) is 1. The monoisotopic (exact) mass is 263 g/mol. The van der Waals surface area contributed by atoms with Crippen LogP contribution in [0.5, 0.6) is 0 Å². The Kier molecular flexibility index (Phi) is 4.35. The van der Waals surface area contributed by atoms with Crippen LogP contribution in [0.4, 0.5) is 0 Å². The molecular weight excluding hydrogens is 230 g/mol. The lowest BCUT2D eigenvalue weighted by molar-refractivity contribution is 0.0104. The molecule has 1 aliphatic heterocycles. The average Bonchev–Trinajstić information content (AvgIpc) is 2.67. The standard InChI is InChI=1S/C18H33N/c1-6-16(7-2)15-17(13-11-10-12-14-17)19(5)18(16,8-3)9-4/h5H,6-15H2,1-4H3. The van der Waals surface area contributed by atoms with Gasteiger partial charge in [0, 0.05) is 18.1 Å². The molecule has 1 saturated carbocycles. The summed E-state index contributed by atoms with van der Waals surface area (Å²) < 4.78 is 0. The third kappa shape index (κ3) is 1.91. The normalized spacial score (nSPS) is 28.9. The van der Waals surface area contributed by atoms with Gasteiger partial charge >= 0.3 is 0 Å². The molecule has 1 spiro atoms. The van der Waals surface area contributed by atoms with Gasteiger partial charge in [-0.3, -0.25) is 4.90 Å². The van der Waals surface area contributed by atoms with Gasteiger partial charge in [0.05, 0.1) is 0 Å². The molecule has 0 unspecified atom stereocenters. The summed E-state index contributed by atoms with van der Waals surface area (Å²) in [6, 6.07) is 0. The first kappa shape index (κ1) is 15.4. The molecule has 1 heterocycles. The summed E-state index contributed by atoms with van der Waals surface area (Å²) in [6.07, 6.45) is 13.1. The summed E-state index contributed by atoms with van der Waals surface area (Å²) in [6.45, 7) is 9.48. The van der Waals surface area contributed by atoms with E-state index >= 15 is 0 Å². The lowest BCUT2D eigenvalue weighted by Crippen LogP contribution is -2.54. The number of hydrogen-bond donors (Lipinski definition) is 0. The maximum atomic E-state index is 6.80. The van der Waals surface area contributed by atoms with E-state index in [4.69, 9.17) is 7.05 Å². The molecule has 2 rings (SSSR count). The van der Waals surface area contributed by atoms with Crippen molar-refractivity contribution in [1.29, 1.82) is 0 Å². The molecule has 0 aromatic rings. The van der Waals surface area contributed by atoms with Crippen LogP contribution in [0.1, 0.15) is 91.9 Å². The van der Waals surface area contributed by atoms with Crippen LogP contribution in [-0.4, -0.2) is 16.0 Å². The quantitative estimate of drug-likeness (QED) is 0.654. The van der Waals surface area contributed by atoms with Crippen LogP contribution < -0.4 is 0 Å². The maximum absolute atomic E-state index is 6.80. The Hall–Kier alpha value is -0.0400. The van der Waals surface area contributed by atoms with Gasteiger partial charge in [0.25, 0.3) is 0 Å². The molecule has 0 N–H and O–H groups in total. The summed E-state index contributed by atoms with van der Waals surface area (Å²) in [5.41, 5.74) is 0.979. The fourth-order valence-electron chi connectivity index (χ4n) is 5.72. The Morgan fingerprint density at radius 3 is 1.74 bits per heavy atom. The van der Waals surface area contributed by atoms with E-state index in [1.807, 2.05) is 0 Å². The second-order valence-corrected chi connectivity index (χ2v) is 7.06. The second kappa shape index (κ2) is 5.39. The summed E-state index contributed by atoms with van der Waals surface area (Å²) in [4.78, 5) is 2.38. The maximum Gasteiger partial charge on any atom is 0.0451 e. The lowest BCUT2D eigenvalue weighted by atomic mass is 9.62. The Labute approximate surface area is 121 Å². The molecule has 1 saturated heterocycles. The van der Waals surface area contributed by atoms with Crippen molar-refractivity contribution in [1.82, 2.24) is 4.90 Å². The van der Waals surface area contributed by atoms with E-state index in [1.165, 1.54) is 64.2 Å². The molecule has 1 heteroatoms.